The summed E-state index contributed by atoms with van der Waals surface area (Å²) in [5.74, 6) is 1.05. The summed E-state index contributed by atoms with van der Waals surface area (Å²) >= 11 is 0. The van der Waals surface area contributed by atoms with Crippen LogP contribution in [0.3, 0.4) is 0 Å². The Labute approximate surface area is 168 Å². The van der Waals surface area contributed by atoms with Crippen molar-refractivity contribution in [3.05, 3.63) is 78.4 Å². The van der Waals surface area contributed by atoms with Crippen LogP contribution in [0.4, 0.5) is 0 Å². The molecule has 4 heteroatoms. The zero-order valence-corrected chi connectivity index (χ0v) is 16.6. The van der Waals surface area contributed by atoms with E-state index in [2.05, 4.69) is 41.1 Å². The Hall–Kier alpha value is -2.59. The first kappa shape index (κ1) is 20.2. The summed E-state index contributed by atoms with van der Waals surface area (Å²) in [5, 5.41) is 3.12. The van der Waals surface area contributed by atoms with Crippen molar-refractivity contribution in [1.82, 2.24) is 10.2 Å². The molecular weight excluding hydrogens is 348 g/mol. The second kappa shape index (κ2) is 10.1. The second-order valence-corrected chi connectivity index (χ2v) is 7.33. The van der Waals surface area contributed by atoms with E-state index < -0.39 is 0 Å². The number of carbonyl (C=O) groups is 1. The van der Waals surface area contributed by atoms with Crippen molar-refractivity contribution in [2.45, 2.75) is 25.3 Å². The zero-order valence-electron chi connectivity index (χ0n) is 16.6. The second-order valence-electron chi connectivity index (χ2n) is 7.33. The van der Waals surface area contributed by atoms with E-state index in [1.54, 1.807) is 7.11 Å². The van der Waals surface area contributed by atoms with Crippen LogP contribution in [0.1, 0.15) is 30.0 Å². The molecule has 2 aromatic rings. The van der Waals surface area contributed by atoms with Crippen LogP contribution >= 0.6 is 0 Å². The number of benzene rings is 2. The predicted molar refractivity (Wildman–Crippen MR) is 113 cm³/mol. The van der Waals surface area contributed by atoms with Gasteiger partial charge in [-0.1, -0.05) is 48.5 Å². The van der Waals surface area contributed by atoms with Gasteiger partial charge >= 0.3 is 0 Å². The minimum absolute atomic E-state index is 0.0378. The van der Waals surface area contributed by atoms with Crippen LogP contribution in [0.15, 0.2) is 67.3 Å². The Kier molecular flexibility index (Phi) is 7.26. The minimum Gasteiger partial charge on any atom is -0.497 e. The summed E-state index contributed by atoms with van der Waals surface area (Å²) in [4.78, 5) is 15.1. The van der Waals surface area contributed by atoms with Gasteiger partial charge in [-0.3, -0.25) is 9.69 Å². The third kappa shape index (κ3) is 5.23. The quantitative estimate of drug-likeness (QED) is 0.706. The number of likely N-dealkylation sites (tertiary alicyclic amines) is 1. The van der Waals surface area contributed by atoms with E-state index in [9.17, 15) is 4.79 Å². The number of hydrogen-bond donors (Lipinski definition) is 1. The molecular formula is C24H30N2O2. The molecule has 148 valence electrons. The van der Waals surface area contributed by atoms with Crippen LogP contribution < -0.4 is 10.1 Å². The first-order valence-corrected chi connectivity index (χ1v) is 10.0. The van der Waals surface area contributed by atoms with E-state index in [4.69, 9.17) is 4.74 Å². The monoisotopic (exact) mass is 378 g/mol. The third-order valence-corrected chi connectivity index (χ3v) is 5.47. The van der Waals surface area contributed by atoms with E-state index in [-0.39, 0.29) is 11.8 Å². The topological polar surface area (TPSA) is 41.6 Å². The summed E-state index contributed by atoms with van der Waals surface area (Å²) in [6.45, 7) is 6.13. The average molecular weight is 379 g/mol. The number of piperidine rings is 1. The molecule has 1 saturated heterocycles. The Morgan fingerprint density at radius 1 is 1.18 bits per heavy atom. The lowest BCUT2D eigenvalue weighted by Gasteiger charge is -2.39. The number of nitrogens with one attached hydrogen (secondary N) is 1. The number of amides is 1. The lowest BCUT2D eigenvalue weighted by atomic mass is 9.88. The van der Waals surface area contributed by atoms with Crippen LogP contribution in [0.2, 0.25) is 0 Å². The molecule has 2 atom stereocenters. The van der Waals surface area contributed by atoms with Gasteiger partial charge in [0.05, 0.1) is 13.0 Å². The van der Waals surface area contributed by atoms with Gasteiger partial charge in [0.25, 0.3) is 0 Å². The Balaban J connectivity index is 1.52. The maximum Gasteiger partial charge on any atom is 0.224 e. The highest BCUT2D eigenvalue weighted by atomic mass is 16.5. The summed E-state index contributed by atoms with van der Waals surface area (Å²) in [6, 6.07) is 18.9. The van der Waals surface area contributed by atoms with Crippen LogP contribution in [-0.4, -0.2) is 37.6 Å². The fourth-order valence-corrected chi connectivity index (χ4v) is 3.94. The van der Waals surface area contributed by atoms with Gasteiger partial charge in [0.2, 0.25) is 5.91 Å². The van der Waals surface area contributed by atoms with Crippen molar-refractivity contribution in [3.63, 3.8) is 0 Å². The standard InChI is InChI=1S/C24H30N2O2/c1-3-17-26-18-21(11-14-23(26)20-7-5-4-6-8-20)24(27)25-16-15-19-9-12-22(28-2)13-10-19/h3-10,12-13,21,23H,1,11,14-18H2,2H3,(H,25,27)/t21-,23-/m0/s1. The molecule has 4 nitrogen and oxygen atoms in total. The van der Waals surface area contributed by atoms with Gasteiger partial charge < -0.3 is 10.1 Å². The minimum atomic E-state index is 0.0378. The molecule has 0 bridgehead atoms. The molecule has 0 spiro atoms. The van der Waals surface area contributed by atoms with Crippen LogP contribution in [-0.2, 0) is 11.2 Å². The SMILES string of the molecule is C=CCN1C[C@@H](C(=O)NCCc2ccc(OC)cc2)CC[C@H]1c1ccccc1. The zero-order chi connectivity index (χ0) is 19.8. The number of carbonyl (C=O) groups excluding carboxylic acids is 1. The molecule has 0 saturated carbocycles. The van der Waals surface area contributed by atoms with E-state index in [1.807, 2.05) is 36.4 Å². The fraction of sp³-hybridized carbons (Fsp3) is 0.375. The number of methoxy groups -OCH3 is 1. The lowest BCUT2D eigenvalue weighted by Crippen LogP contribution is -2.44. The predicted octanol–water partition coefficient (Wildman–Crippen LogP) is 3.99. The van der Waals surface area contributed by atoms with E-state index >= 15 is 0 Å². The highest BCUT2D eigenvalue weighted by molar-refractivity contribution is 5.79. The molecule has 1 aliphatic heterocycles. The van der Waals surface area contributed by atoms with Crippen molar-refractivity contribution in [2.75, 3.05) is 26.7 Å². The van der Waals surface area contributed by atoms with Gasteiger partial charge in [-0.05, 0) is 42.5 Å². The van der Waals surface area contributed by atoms with Gasteiger partial charge in [0, 0.05) is 25.7 Å². The van der Waals surface area contributed by atoms with Crippen molar-refractivity contribution in [1.29, 1.82) is 0 Å². The van der Waals surface area contributed by atoms with Gasteiger partial charge in [-0.15, -0.1) is 6.58 Å². The van der Waals surface area contributed by atoms with Crippen LogP contribution in [0.5, 0.6) is 5.75 Å². The molecule has 1 aliphatic rings. The molecule has 0 aliphatic carbocycles. The van der Waals surface area contributed by atoms with Crippen molar-refractivity contribution < 1.29 is 9.53 Å². The maximum atomic E-state index is 12.7. The Morgan fingerprint density at radius 3 is 2.61 bits per heavy atom. The third-order valence-electron chi connectivity index (χ3n) is 5.47. The molecule has 2 aromatic carbocycles. The number of nitrogens with zero attached hydrogens (tertiary/aromatic N) is 1. The number of rotatable bonds is 8. The molecule has 1 N–H and O–H groups in total. The lowest BCUT2D eigenvalue weighted by molar-refractivity contribution is -0.127. The van der Waals surface area contributed by atoms with Crippen LogP contribution in [0, 0.1) is 5.92 Å². The molecule has 28 heavy (non-hydrogen) atoms. The smallest absolute Gasteiger partial charge is 0.224 e. The molecule has 0 unspecified atom stereocenters. The van der Waals surface area contributed by atoms with Crippen LogP contribution in [0.25, 0.3) is 0 Å². The summed E-state index contributed by atoms with van der Waals surface area (Å²) in [6.07, 6.45) is 4.67. The molecule has 0 radical (unpaired) electrons. The highest BCUT2D eigenvalue weighted by Crippen LogP contribution is 2.33. The van der Waals surface area contributed by atoms with Gasteiger partial charge in [0.1, 0.15) is 5.75 Å². The largest absolute Gasteiger partial charge is 0.497 e. The van der Waals surface area contributed by atoms with Crippen molar-refractivity contribution in [2.24, 2.45) is 5.92 Å². The summed E-state index contributed by atoms with van der Waals surface area (Å²) in [5.41, 5.74) is 2.52. The Bertz CT molecular complexity index is 758. The normalized spacial score (nSPS) is 19.8. The molecule has 0 aromatic heterocycles. The summed E-state index contributed by atoms with van der Waals surface area (Å²) < 4.78 is 5.18. The van der Waals surface area contributed by atoms with Crippen molar-refractivity contribution in [3.8, 4) is 5.75 Å². The number of hydrogen-bond acceptors (Lipinski definition) is 3. The Morgan fingerprint density at radius 2 is 1.93 bits per heavy atom. The number of ether oxygens (including phenoxy) is 1. The first-order chi connectivity index (χ1) is 13.7. The summed E-state index contributed by atoms with van der Waals surface area (Å²) in [7, 11) is 1.66. The van der Waals surface area contributed by atoms with Gasteiger partial charge in [0.15, 0.2) is 0 Å². The van der Waals surface area contributed by atoms with Gasteiger partial charge in [-0.2, -0.15) is 0 Å². The maximum absolute atomic E-state index is 12.7. The molecule has 1 amide bonds. The molecule has 3 rings (SSSR count). The molecule has 1 heterocycles. The average Bonchev–Trinajstić information content (AvgIpc) is 2.75. The van der Waals surface area contributed by atoms with E-state index in [0.717, 1.165) is 38.1 Å². The highest BCUT2D eigenvalue weighted by Gasteiger charge is 2.31. The van der Waals surface area contributed by atoms with E-state index in [1.165, 1.54) is 11.1 Å². The van der Waals surface area contributed by atoms with Gasteiger partial charge in [-0.25, -0.2) is 0 Å². The first-order valence-electron chi connectivity index (χ1n) is 10.0. The fourth-order valence-electron chi connectivity index (χ4n) is 3.94. The molecule has 1 fully saturated rings. The van der Waals surface area contributed by atoms with Crippen molar-refractivity contribution >= 4 is 5.91 Å². The van der Waals surface area contributed by atoms with E-state index in [0.29, 0.717) is 12.6 Å².